The normalized spacial score (nSPS) is 16.3. The van der Waals surface area contributed by atoms with Gasteiger partial charge in [0.1, 0.15) is 6.29 Å². The first-order chi connectivity index (χ1) is 8.51. The first-order valence-electron chi connectivity index (χ1n) is 6.59. The van der Waals surface area contributed by atoms with E-state index in [1.54, 1.807) is 6.08 Å². The average molecular weight is 333 g/mol. The molecule has 1 atom stereocenters. The summed E-state index contributed by atoms with van der Waals surface area (Å²) >= 11 is 3.28. The number of rotatable bonds is 9. The van der Waals surface area contributed by atoms with Gasteiger partial charge in [-0.15, -0.1) is 0 Å². The van der Waals surface area contributed by atoms with E-state index in [2.05, 4.69) is 43.6 Å². The third kappa shape index (κ3) is 5.63. The maximum atomic E-state index is 10.5. The highest BCUT2D eigenvalue weighted by Crippen LogP contribution is 2.31. The van der Waals surface area contributed by atoms with E-state index >= 15 is 0 Å². The molecular formula is C14H25BrO2Si. The van der Waals surface area contributed by atoms with E-state index in [0.29, 0.717) is 0 Å². The van der Waals surface area contributed by atoms with Gasteiger partial charge in [-0.05, 0) is 42.5 Å². The standard InChI is InChI=1S/C14H25BrO2Si/c1-5-18(6-2,7-3)17-14(4,10-8-12-15)11-9-13-16/h8-9,11-13H,5-7,10H2,1-4H3/b11-9+,12-8+/t14-/m0/s1. The van der Waals surface area contributed by atoms with Crippen molar-refractivity contribution in [1.82, 2.24) is 0 Å². The lowest BCUT2D eigenvalue weighted by molar-refractivity contribution is -0.104. The van der Waals surface area contributed by atoms with Crippen molar-refractivity contribution in [3.8, 4) is 0 Å². The Morgan fingerprint density at radius 1 is 1.22 bits per heavy atom. The summed E-state index contributed by atoms with van der Waals surface area (Å²) in [6.07, 6.45) is 7.04. The van der Waals surface area contributed by atoms with E-state index in [4.69, 9.17) is 4.43 Å². The Labute approximate surface area is 121 Å². The molecule has 2 nitrogen and oxygen atoms in total. The minimum atomic E-state index is -1.67. The number of halogens is 1. The predicted octanol–water partition coefficient (Wildman–Crippen LogP) is 4.82. The minimum absolute atomic E-state index is 0.376. The smallest absolute Gasteiger partial charge is 0.193 e. The number of hydrogen-bond acceptors (Lipinski definition) is 2. The first-order valence-corrected chi connectivity index (χ1v) is 10.0. The Kier molecular flexibility index (Phi) is 8.74. The van der Waals surface area contributed by atoms with E-state index in [0.717, 1.165) is 30.8 Å². The molecule has 104 valence electrons. The maximum Gasteiger partial charge on any atom is 0.193 e. The SMILES string of the molecule is CC[Si](CC)(CC)O[C@](C)(/C=C/C=O)C/C=C/Br. The molecule has 0 aromatic rings. The number of aldehydes is 1. The molecule has 18 heavy (non-hydrogen) atoms. The first kappa shape index (κ1) is 17.8. The van der Waals surface area contributed by atoms with Gasteiger partial charge >= 0.3 is 0 Å². The summed E-state index contributed by atoms with van der Waals surface area (Å²) in [6.45, 7) is 8.69. The molecule has 0 radical (unpaired) electrons. The number of hydrogen-bond donors (Lipinski definition) is 0. The maximum absolute atomic E-state index is 10.5. The zero-order valence-electron chi connectivity index (χ0n) is 11.9. The Balaban J connectivity index is 5.07. The lowest BCUT2D eigenvalue weighted by Crippen LogP contribution is -2.44. The third-order valence-electron chi connectivity index (χ3n) is 3.52. The summed E-state index contributed by atoms with van der Waals surface area (Å²) < 4.78 is 6.50. The fourth-order valence-corrected chi connectivity index (χ4v) is 5.39. The molecule has 0 aliphatic carbocycles. The number of allylic oxidation sites excluding steroid dienone is 1. The summed E-state index contributed by atoms with van der Waals surface area (Å²) in [6, 6.07) is 3.34. The molecule has 0 fully saturated rings. The van der Waals surface area contributed by atoms with Crippen molar-refractivity contribution >= 4 is 30.5 Å². The number of carbonyl (C=O) groups is 1. The van der Waals surface area contributed by atoms with Crippen molar-refractivity contribution in [3.63, 3.8) is 0 Å². The second kappa shape index (κ2) is 8.83. The molecule has 0 aliphatic rings. The van der Waals surface area contributed by atoms with Crippen molar-refractivity contribution < 1.29 is 9.22 Å². The Hall–Kier alpha value is -0.193. The van der Waals surface area contributed by atoms with Crippen LogP contribution in [0.1, 0.15) is 34.1 Å². The lowest BCUT2D eigenvalue weighted by atomic mass is 10.0. The highest BCUT2D eigenvalue weighted by Gasteiger charge is 2.36. The monoisotopic (exact) mass is 332 g/mol. The van der Waals surface area contributed by atoms with Crippen molar-refractivity contribution in [2.45, 2.75) is 57.8 Å². The average Bonchev–Trinajstić information content (AvgIpc) is 2.41. The summed E-state index contributed by atoms with van der Waals surface area (Å²) in [4.78, 5) is 12.4. The van der Waals surface area contributed by atoms with Crippen LogP contribution < -0.4 is 0 Å². The van der Waals surface area contributed by atoms with Crippen LogP contribution >= 0.6 is 15.9 Å². The fraction of sp³-hybridized carbons (Fsp3) is 0.643. The van der Waals surface area contributed by atoms with E-state index in [1.165, 1.54) is 0 Å². The zero-order valence-corrected chi connectivity index (χ0v) is 14.5. The van der Waals surface area contributed by atoms with E-state index in [1.807, 2.05) is 17.1 Å². The molecule has 0 unspecified atom stereocenters. The zero-order chi connectivity index (χ0) is 14.1. The predicted molar refractivity (Wildman–Crippen MR) is 84.6 cm³/mol. The quantitative estimate of drug-likeness (QED) is 0.343. The molecule has 0 heterocycles. The highest BCUT2D eigenvalue weighted by atomic mass is 79.9. The van der Waals surface area contributed by atoms with Gasteiger partial charge in [-0.3, -0.25) is 4.79 Å². The fourth-order valence-electron chi connectivity index (χ4n) is 2.13. The highest BCUT2D eigenvalue weighted by molar-refractivity contribution is 9.11. The van der Waals surface area contributed by atoms with Gasteiger partial charge in [0.25, 0.3) is 0 Å². The summed E-state index contributed by atoms with van der Waals surface area (Å²) in [5.74, 6) is 0. The molecule has 0 bridgehead atoms. The van der Waals surface area contributed by atoms with Gasteiger partial charge in [-0.1, -0.05) is 48.9 Å². The molecule has 0 rings (SSSR count). The Bertz CT molecular complexity index is 290. The second-order valence-electron chi connectivity index (χ2n) is 4.72. The topological polar surface area (TPSA) is 26.3 Å². The second-order valence-corrected chi connectivity index (χ2v) is 9.94. The van der Waals surface area contributed by atoms with Crippen molar-refractivity contribution in [2.75, 3.05) is 0 Å². The van der Waals surface area contributed by atoms with Gasteiger partial charge < -0.3 is 4.43 Å². The van der Waals surface area contributed by atoms with Crippen LogP contribution in [0, 0.1) is 0 Å². The van der Waals surface area contributed by atoms with Gasteiger partial charge in [0, 0.05) is 0 Å². The summed E-state index contributed by atoms with van der Waals surface area (Å²) in [5.41, 5.74) is -0.376. The largest absolute Gasteiger partial charge is 0.408 e. The molecule has 0 amide bonds. The molecule has 0 aromatic heterocycles. The van der Waals surface area contributed by atoms with Crippen molar-refractivity contribution in [3.05, 3.63) is 23.2 Å². The van der Waals surface area contributed by atoms with Crippen LogP contribution in [0.5, 0.6) is 0 Å². The van der Waals surface area contributed by atoms with Crippen LogP contribution in [0.25, 0.3) is 0 Å². The minimum Gasteiger partial charge on any atom is -0.408 e. The van der Waals surface area contributed by atoms with E-state index in [9.17, 15) is 4.79 Å². The Morgan fingerprint density at radius 2 is 1.78 bits per heavy atom. The molecule has 0 spiro atoms. The van der Waals surface area contributed by atoms with Gasteiger partial charge in [0.2, 0.25) is 0 Å². The Morgan fingerprint density at radius 3 is 2.17 bits per heavy atom. The molecular weight excluding hydrogens is 308 g/mol. The summed E-state index contributed by atoms with van der Waals surface area (Å²) in [5, 5.41) is 0. The van der Waals surface area contributed by atoms with Crippen LogP contribution in [-0.2, 0) is 9.22 Å². The number of carbonyl (C=O) groups excluding carboxylic acids is 1. The van der Waals surface area contributed by atoms with Gasteiger partial charge in [-0.25, -0.2) is 0 Å². The van der Waals surface area contributed by atoms with Crippen molar-refractivity contribution in [2.24, 2.45) is 0 Å². The van der Waals surface area contributed by atoms with Crippen LogP contribution in [0.15, 0.2) is 23.2 Å². The molecule has 0 aliphatic heterocycles. The van der Waals surface area contributed by atoms with Gasteiger partial charge in [-0.2, -0.15) is 0 Å². The van der Waals surface area contributed by atoms with E-state index in [-0.39, 0.29) is 5.60 Å². The van der Waals surface area contributed by atoms with Crippen LogP contribution in [0.2, 0.25) is 18.1 Å². The molecule has 4 heteroatoms. The van der Waals surface area contributed by atoms with Gasteiger partial charge in [0.15, 0.2) is 8.32 Å². The lowest BCUT2D eigenvalue weighted by Gasteiger charge is -2.38. The molecule has 0 saturated carbocycles. The summed E-state index contributed by atoms with van der Waals surface area (Å²) in [7, 11) is -1.67. The molecule has 0 aromatic carbocycles. The van der Waals surface area contributed by atoms with E-state index < -0.39 is 8.32 Å². The van der Waals surface area contributed by atoms with Crippen LogP contribution in [0.4, 0.5) is 0 Å². The van der Waals surface area contributed by atoms with Crippen LogP contribution in [0.3, 0.4) is 0 Å². The molecule has 0 N–H and O–H groups in total. The van der Waals surface area contributed by atoms with Crippen LogP contribution in [-0.4, -0.2) is 20.2 Å². The van der Waals surface area contributed by atoms with Crippen molar-refractivity contribution in [1.29, 1.82) is 0 Å². The third-order valence-corrected chi connectivity index (χ3v) is 8.66. The molecule has 0 saturated heterocycles. The van der Waals surface area contributed by atoms with Gasteiger partial charge in [0.05, 0.1) is 5.60 Å².